The third-order valence-corrected chi connectivity index (χ3v) is 4.72. The molecule has 1 fully saturated rings. The number of benzene rings is 2. The first-order valence-corrected chi connectivity index (χ1v) is 9.02. The molecule has 1 aliphatic heterocycles. The molecule has 0 radical (unpaired) electrons. The number of carbonyl (C=O) groups excluding carboxylic acids is 1. The van der Waals surface area contributed by atoms with E-state index in [-0.39, 0.29) is 17.8 Å². The smallest absolute Gasteiger partial charge is 0.369 e. The van der Waals surface area contributed by atoms with Gasteiger partial charge in [0, 0.05) is 35.9 Å². The van der Waals surface area contributed by atoms with E-state index in [0.29, 0.717) is 11.1 Å². The summed E-state index contributed by atoms with van der Waals surface area (Å²) in [6.45, 7) is 1.57. The van der Waals surface area contributed by atoms with Gasteiger partial charge in [-0.15, -0.1) is 0 Å². The van der Waals surface area contributed by atoms with Crippen LogP contribution in [0.2, 0.25) is 0 Å². The summed E-state index contributed by atoms with van der Waals surface area (Å²) >= 11 is 0. The number of hydrogen-bond donors (Lipinski definition) is 1. The monoisotopic (exact) mass is 402 g/mol. The summed E-state index contributed by atoms with van der Waals surface area (Å²) < 4.78 is 41.9. The number of hydrogen-bond acceptors (Lipinski definition) is 5. The van der Waals surface area contributed by atoms with Gasteiger partial charge in [-0.05, 0) is 30.7 Å². The molecule has 1 atom stereocenters. The number of anilines is 1. The van der Waals surface area contributed by atoms with Crippen LogP contribution in [0.4, 0.5) is 18.9 Å². The number of alkyl halides is 3. The van der Waals surface area contributed by atoms with Gasteiger partial charge < -0.3 is 14.7 Å². The maximum absolute atomic E-state index is 12.6. The minimum absolute atomic E-state index is 0.0222. The highest BCUT2D eigenvalue weighted by Crippen LogP contribution is 2.29. The largest absolute Gasteiger partial charge is 0.471 e. The van der Waals surface area contributed by atoms with Gasteiger partial charge >= 0.3 is 12.1 Å². The first-order chi connectivity index (χ1) is 13.9. The fraction of sp³-hybridized carbons (Fsp3) is 0.250. The van der Waals surface area contributed by atoms with Crippen molar-refractivity contribution in [1.82, 2.24) is 15.5 Å². The molecule has 4 rings (SSSR count). The number of carbonyl (C=O) groups is 1. The maximum atomic E-state index is 12.6. The van der Waals surface area contributed by atoms with Crippen LogP contribution in [0.1, 0.15) is 22.7 Å². The Labute approximate surface area is 164 Å². The van der Waals surface area contributed by atoms with Crippen molar-refractivity contribution in [2.45, 2.75) is 18.6 Å². The van der Waals surface area contributed by atoms with E-state index in [4.69, 9.17) is 0 Å². The van der Waals surface area contributed by atoms with Crippen LogP contribution >= 0.6 is 0 Å². The minimum Gasteiger partial charge on any atom is -0.369 e. The Hall–Kier alpha value is -3.36. The van der Waals surface area contributed by atoms with Gasteiger partial charge in [0.05, 0.1) is 0 Å². The van der Waals surface area contributed by atoms with Gasteiger partial charge in [0.25, 0.3) is 5.91 Å². The van der Waals surface area contributed by atoms with Gasteiger partial charge in [-0.25, -0.2) is 0 Å². The summed E-state index contributed by atoms with van der Waals surface area (Å²) in [5.74, 6) is -1.82. The van der Waals surface area contributed by atoms with Gasteiger partial charge in [0.15, 0.2) is 0 Å². The first kappa shape index (κ1) is 19.0. The van der Waals surface area contributed by atoms with Crippen LogP contribution in [-0.4, -0.2) is 35.2 Å². The Morgan fingerprint density at radius 2 is 1.83 bits per heavy atom. The van der Waals surface area contributed by atoms with Crippen LogP contribution in [0, 0.1) is 0 Å². The summed E-state index contributed by atoms with van der Waals surface area (Å²) in [5.41, 5.74) is 1.86. The highest BCUT2D eigenvalue weighted by Gasteiger charge is 2.38. The molecule has 6 nitrogen and oxygen atoms in total. The molecular formula is C20H17F3N4O2. The maximum Gasteiger partial charge on any atom is 0.471 e. The number of amides is 1. The summed E-state index contributed by atoms with van der Waals surface area (Å²) in [7, 11) is 0. The molecule has 1 aliphatic rings. The summed E-state index contributed by atoms with van der Waals surface area (Å²) in [6, 6.07) is 16.0. The lowest BCUT2D eigenvalue weighted by Gasteiger charge is -2.19. The number of nitrogens with zero attached hydrogens (tertiary/aromatic N) is 3. The summed E-state index contributed by atoms with van der Waals surface area (Å²) in [6.07, 6.45) is -3.86. The lowest BCUT2D eigenvalue weighted by molar-refractivity contribution is -0.159. The Morgan fingerprint density at radius 1 is 1.10 bits per heavy atom. The van der Waals surface area contributed by atoms with Crippen molar-refractivity contribution in [3.8, 4) is 11.4 Å². The van der Waals surface area contributed by atoms with E-state index >= 15 is 0 Å². The predicted molar refractivity (Wildman–Crippen MR) is 99.3 cm³/mol. The molecule has 1 N–H and O–H groups in total. The third-order valence-electron chi connectivity index (χ3n) is 4.72. The zero-order valence-corrected chi connectivity index (χ0v) is 15.2. The van der Waals surface area contributed by atoms with Crippen molar-refractivity contribution in [3.05, 3.63) is 66.1 Å². The van der Waals surface area contributed by atoms with Gasteiger partial charge in [-0.1, -0.05) is 35.5 Å². The lowest BCUT2D eigenvalue weighted by Crippen LogP contribution is -2.37. The van der Waals surface area contributed by atoms with Gasteiger partial charge in [0.2, 0.25) is 5.82 Å². The van der Waals surface area contributed by atoms with Crippen LogP contribution in [0.5, 0.6) is 0 Å². The SMILES string of the molecule is O=C(NC1CCN(c2ccccc2)C1)c1ccc(-c2noc(C(F)(F)F)n2)cc1. The molecule has 1 amide bonds. The molecule has 0 saturated carbocycles. The van der Waals surface area contributed by atoms with E-state index in [9.17, 15) is 18.0 Å². The normalized spacial score (nSPS) is 16.8. The molecule has 9 heteroatoms. The van der Waals surface area contributed by atoms with Gasteiger partial charge in [-0.2, -0.15) is 18.2 Å². The fourth-order valence-corrected chi connectivity index (χ4v) is 3.25. The van der Waals surface area contributed by atoms with Crippen LogP contribution < -0.4 is 10.2 Å². The van der Waals surface area contributed by atoms with Crippen molar-refractivity contribution in [2.24, 2.45) is 0 Å². The molecule has 2 aromatic carbocycles. The van der Waals surface area contributed by atoms with Crippen LogP contribution in [0.25, 0.3) is 11.4 Å². The summed E-state index contributed by atoms with van der Waals surface area (Å²) in [4.78, 5) is 18.0. The van der Waals surface area contributed by atoms with Crippen LogP contribution in [0.15, 0.2) is 59.1 Å². The molecule has 3 aromatic rings. The second-order valence-electron chi connectivity index (χ2n) is 6.74. The lowest BCUT2D eigenvalue weighted by atomic mass is 10.1. The zero-order valence-electron chi connectivity index (χ0n) is 15.2. The van der Waals surface area contributed by atoms with Crippen molar-refractivity contribution in [3.63, 3.8) is 0 Å². The fourth-order valence-electron chi connectivity index (χ4n) is 3.25. The topological polar surface area (TPSA) is 71.3 Å². The molecule has 1 aromatic heterocycles. The predicted octanol–water partition coefficient (Wildman–Crippen LogP) is 3.76. The average molecular weight is 402 g/mol. The number of halogens is 3. The molecule has 1 saturated heterocycles. The Bertz CT molecular complexity index is 987. The molecular weight excluding hydrogens is 385 g/mol. The van der Waals surface area contributed by atoms with Gasteiger partial charge in [0.1, 0.15) is 0 Å². The number of aromatic nitrogens is 2. The number of nitrogens with one attached hydrogen (secondary N) is 1. The van der Waals surface area contributed by atoms with E-state index in [1.54, 1.807) is 0 Å². The van der Waals surface area contributed by atoms with E-state index < -0.39 is 12.1 Å². The molecule has 0 spiro atoms. The van der Waals surface area contributed by atoms with E-state index in [2.05, 4.69) is 24.9 Å². The quantitative estimate of drug-likeness (QED) is 0.720. The second-order valence-corrected chi connectivity index (χ2v) is 6.74. The first-order valence-electron chi connectivity index (χ1n) is 9.02. The molecule has 0 aliphatic carbocycles. The highest BCUT2D eigenvalue weighted by atomic mass is 19.4. The van der Waals surface area contributed by atoms with Crippen LogP contribution in [-0.2, 0) is 6.18 Å². The minimum atomic E-state index is -4.69. The zero-order chi connectivity index (χ0) is 20.4. The van der Waals surface area contributed by atoms with Crippen molar-refractivity contribution >= 4 is 11.6 Å². The average Bonchev–Trinajstić information content (AvgIpc) is 3.38. The second kappa shape index (κ2) is 7.57. The summed E-state index contributed by atoms with van der Waals surface area (Å²) in [5, 5.41) is 6.33. The molecule has 29 heavy (non-hydrogen) atoms. The highest BCUT2D eigenvalue weighted by molar-refractivity contribution is 5.94. The molecule has 2 heterocycles. The number of rotatable bonds is 4. The van der Waals surface area contributed by atoms with Crippen molar-refractivity contribution in [1.29, 1.82) is 0 Å². The standard InChI is InChI=1S/C20H17F3N4O2/c21-20(22,23)19-25-17(26-29-19)13-6-8-14(9-7-13)18(28)24-15-10-11-27(12-15)16-4-2-1-3-5-16/h1-9,15H,10-12H2,(H,24,28). The molecule has 1 unspecified atom stereocenters. The number of para-hydroxylation sites is 1. The third kappa shape index (κ3) is 4.23. The van der Waals surface area contributed by atoms with E-state index in [1.807, 2.05) is 30.3 Å². The van der Waals surface area contributed by atoms with Gasteiger partial charge in [-0.3, -0.25) is 4.79 Å². The van der Waals surface area contributed by atoms with Crippen LogP contribution in [0.3, 0.4) is 0 Å². The van der Waals surface area contributed by atoms with Crippen molar-refractivity contribution < 1.29 is 22.5 Å². The van der Waals surface area contributed by atoms with Crippen molar-refractivity contribution in [2.75, 3.05) is 18.0 Å². The Balaban J connectivity index is 1.38. The molecule has 150 valence electrons. The Kier molecular flexibility index (Phi) is 4.96. The van der Waals surface area contributed by atoms with E-state index in [1.165, 1.54) is 24.3 Å². The Morgan fingerprint density at radius 3 is 2.48 bits per heavy atom. The van der Waals surface area contributed by atoms with E-state index in [0.717, 1.165) is 25.2 Å². The molecule has 0 bridgehead atoms.